The average molecular weight is 246 g/mol. The quantitative estimate of drug-likeness (QED) is 0.401. The molecule has 2 heterocycles. The number of H-pyrrole nitrogens is 1. The van der Waals surface area contributed by atoms with Crippen molar-refractivity contribution in [2.24, 2.45) is 10.2 Å². The van der Waals surface area contributed by atoms with E-state index in [0.717, 1.165) is 0 Å². The van der Waals surface area contributed by atoms with E-state index in [9.17, 15) is 4.21 Å². The largest absolute Gasteiger partial charge is 0.310 e. The summed E-state index contributed by atoms with van der Waals surface area (Å²) in [6, 6.07) is 0. The van der Waals surface area contributed by atoms with Crippen molar-refractivity contribution in [1.82, 2.24) is 31.1 Å². The van der Waals surface area contributed by atoms with Gasteiger partial charge < -0.3 is 0 Å². The molecule has 11 heteroatoms. The van der Waals surface area contributed by atoms with Crippen LogP contribution in [0, 0.1) is 0 Å². The number of hydrogen-bond donors (Lipinski definition) is 3. The molecule has 1 unspecified atom stereocenters. The molecule has 0 saturated carbocycles. The van der Waals surface area contributed by atoms with Crippen LogP contribution in [0.15, 0.2) is 4.40 Å². The minimum atomic E-state index is -1.69. The summed E-state index contributed by atoms with van der Waals surface area (Å²) >= 11 is -1.69. The summed E-state index contributed by atoms with van der Waals surface area (Å²) < 4.78 is 18.8. The number of nitrogens with zero attached hydrogens (tertiary/aromatic N) is 5. The van der Waals surface area contributed by atoms with Gasteiger partial charge >= 0.3 is 11.3 Å². The molecule has 16 heavy (non-hydrogen) atoms. The molecule has 0 amide bonds. The molecule has 1 aliphatic heterocycles. The van der Waals surface area contributed by atoms with Crippen LogP contribution in [-0.2, 0) is 22.0 Å². The van der Waals surface area contributed by atoms with Crippen LogP contribution < -0.4 is 11.3 Å². The Kier molecular flexibility index (Phi) is 3.38. The second-order valence-electron chi connectivity index (χ2n) is 2.94. The van der Waals surface area contributed by atoms with Gasteiger partial charge in [-0.25, -0.2) is 15.5 Å². The topological polar surface area (TPSA) is 134 Å². The summed E-state index contributed by atoms with van der Waals surface area (Å²) in [5.74, 6) is 6.50. The fourth-order valence-electron chi connectivity index (χ4n) is 1.09. The first-order valence-corrected chi connectivity index (χ1v) is 5.47. The van der Waals surface area contributed by atoms with Gasteiger partial charge in [0.1, 0.15) is 0 Å². The summed E-state index contributed by atoms with van der Waals surface area (Å²) in [6.07, 6.45) is 1.35. The minimum Gasteiger partial charge on any atom is -0.278 e. The van der Waals surface area contributed by atoms with Crippen molar-refractivity contribution in [3.05, 3.63) is 5.82 Å². The Balaban J connectivity index is 1.74. The molecule has 2 rings (SSSR count). The van der Waals surface area contributed by atoms with Gasteiger partial charge in [-0.2, -0.15) is 9.50 Å². The number of aromatic nitrogens is 4. The fourth-order valence-corrected chi connectivity index (χ4v) is 1.56. The lowest BCUT2D eigenvalue weighted by molar-refractivity contribution is 0.275. The highest BCUT2D eigenvalue weighted by Crippen LogP contribution is 1.99. The Morgan fingerprint density at radius 3 is 3.06 bits per heavy atom. The van der Waals surface area contributed by atoms with Crippen molar-refractivity contribution in [3.63, 3.8) is 0 Å². The van der Waals surface area contributed by atoms with E-state index in [0.29, 0.717) is 25.2 Å². The van der Waals surface area contributed by atoms with Gasteiger partial charge in [-0.3, -0.25) is 5.01 Å². The van der Waals surface area contributed by atoms with Crippen LogP contribution in [0.5, 0.6) is 0 Å². The predicted molar refractivity (Wildman–Crippen MR) is 53.2 cm³/mol. The highest BCUT2D eigenvalue weighted by Gasteiger charge is 2.17. The van der Waals surface area contributed by atoms with E-state index in [-0.39, 0.29) is 5.96 Å². The second-order valence-corrected chi connectivity index (χ2v) is 3.73. The molecule has 0 spiro atoms. The lowest BCUT2D eigenvalue weighted by Gasteiger charge is -2.15. The Morgan fingerprint density at radius 1 is 1.56 bits per heavy atom. The zero-order chi connectivity index (χ0) is 11.4. The molecule has 4 N–H and O–H groups in total. The first-order valence-electron chi connectivity index (χ1n) is 4.44. The molecule has 1 aromatic heterocycles. The zero-order valence-corrected chi connectivity index (χ0v) is 8.98. The van der Waals surface area contributed by atoms with Gasteiger partial charge in [0.25, 0.3) is 0 Å². The number of nitrogens with one attached hydrogen (secondary N) is 2. The monoisotopic (exact) mass is 246 g/mol. The number of hydrogen-bond acceptors (Lipinski definition) is 8. The van der Waals surface area contributed by atoms with Crippen LogP contribution in [0.25, 0.3) is 0 Å². The van der Waals surface area contributed by atoms with Crippen molar-refractivity contribution in [1.29, 1.82) is 0 Å². The van der Waals surface area contributed by atoms with Crippen LogP contribution >= 0.6 is 0 Å². The number of tetrazole rings is 1. The third kappa shape index (κ3) is 2.71. The van der Waals surface area contributed by atoms with Gasteiger partial charge in [0, 0.05) is 13.0 Å². The Labute approximate surface area is 93.0 Å². The maximum absolute atomic E-state index is 10.7. The van der Waals surface area contributed by atoms with E-state index < -0.39 is 11.3 Å². The number of rotatable bonds is 4. The van der Waals surface area contributed by atoms with E-state index >= 15 is 0 Å². The maximum atomic E-state index is 10.7. The second kappa shape index (κ2) is 4.96. The molecule has 1 atom stereocenters. The Morgan fingerprint density at radius 2 is 2.44 bits per heavy atom. The number of aryl methyl sites for hydroxylation is 1. The summed E-state index contributed by atoms with van der Waals surface area (Å²) in [6.45, 7) is 0.501. The summed E-state index contributed by atoms with van der Waals surface area (Å²) in [5.41, 5.74) is 2.35. The van der Waals surface area contributed by atoms with Crippen molar-refractivity contribution >= 4 is 17.2 Å². The molecule has 0 bridgehead atoms. The van der Waals surface area contributed by atoms with Crippen molar-refractivity contribution < 1.29 is 8.49 Å². The van der Waals surface area contributed by atoms with Crippen LogP contribution in [0.4, 0.5) is 0 Å². The van der Waals surface area contributed by atoms with Crippen LogP contribution in [-0.4, -0.2) is 42.3 Å². The first kappa shape index (κ1) is 10.9. The van der Waals surface area contributed by atoms with E-state index in [1.54, 1.807) is 0 Å². The third-order valence-corrected chi connectivity index (χ3v) is 2.37. The van der Waals surface area contributed by atoms with Gasteiger partial charge in [-0.1, -0.05) is 5.21 Å². The van der Waals surface area contributed by atoms with E-state index in [4.69, 9.17) is 5.84 Å². The smallest absolute Gasteiger partial charge is 0.278 e. The van der Waals surface area contributed by atoms with Gasteiger partial charge in [-0.05, 0) is 6.42 Å². The molecule has 10 nitrogen and oxygen atoms in total. The number of hydroxylamine groups is 1. The molecule has 88 valence electrons. The van der Waals surface area contributed by atoms with Crippen molar-refractivity contribution in [3.8, 4) is 0 Å². The molecule has 1 aromatic rings. The van der Waals surface area contributed by atoms with Crippen LogP contribution in [0.3, 0.4) is 0 Å². The molecule has 1 aliphatic rings. The minimum absolute atomic E-state index is 0.242. The van der Waals surface area contributed by atoms with E-state index in [2.05, 4.69) is 34.8 Å². The number of aromatic amines is 1. The molecule has 0 saturated heterocycles. The van der Waals surface area contributed by atoms with Crippen molar-refractivity contribution in [2.75, 3.05) is 6.54 Å². The van der Waals surface area contributed by atoms with Gasteiger partial charge in [-0.15, -0.1) is 14.6 Å². The summed E-state index contributed by atoms with van der Waals surface area (Å²) in [7, 11) is 0. The number of nitrogens with two attached hydrogens (primary N) is 1. The number of hydrazine groups is 1. The zero-order valence-electron chi connectivity index (χ0n) is 8.16. The summed E-state index contributed by atoms with van der Waals surface area (Å²) in [5, 5.41) is 14.7. The van der Waals surface area contributed by atoms with Gasteiger partial charge in [0.2, 0.25) is 5.96 Å². The van der Waals surface area contributed by atoms with E-state index in [1.807, 2.05) is 0 Å². The third-order valence-electron chi connectivity index (χ3n) is 1.83. The number of guanidine groups is 1. The van der Waals surface area contributed by atoms with Gasteiger partial charge in [0.15, 0.2) is 5.82 Å². The molecular formula is C5H10N8O2S. The predicted octanol–water partition coefficient (Wildman–Crippen LogP) is -2.22. The fraction of sp³-hybridized carbons (Fsp3) is 0.600. The SMILES string of the molecule is NN(CCCc1nn[nH]n1)C1=NS(=O)ON1. The Bertz CT molecular complexity index is 391. The average Bonchev–Trinajstić information content (AvgIpc) is 2.89. The first-order chi connectivity index (χ1) is 7.75. The lowest BCUT2D eigenvalue weighted by atomic mass is 10.3. The van der Waals surface area contributed by atoms with E-state index in [1.165, 1.54) is 5.01 Å². The molecule has 0 radical (unpaired) electrons. The Hall–Kier alpha value is -1.59. The standard InChI is InChI=1S/C5H10N8O2S/c6-13(5-9-15-16(14)10-5)3-1-2-4-7-11-12-8-4/h1-3,6H2,(H,9,10)(H,7,8,11,12). The highest BCUT2D eigenvalue weighted by molar-refractivity contribution is 7.79. The van der Waals surface area contributed by atoms with Gasteiger partial charge in [0.05, 0.1) is 0 Å². The molecule has 0 aromatic carbocycles. The highest BCUT2D eigenvalue weighted by atomic mass is 32.2. The molecule has 0 fully saturated rings. The molecule has 0 aliphatic carbocycles. The van der Waals surface area contributed by atoms with Crippen molar-refractivity contribution in [2.45, 2.75) is 12.8 Å². The molecular weight excluding hydrogens is 236 g/mol. The maximum Gasteiger partial charge on any atom is 0.310 e. The normalized spacial score (nSPS) is 19.3. The summed E-state index contributed by atoms with van der Waals surface area (Å²) in [4.78, 5) is 0. The van der Waals surface area contributed by atoms with Crippen LogP contribution in [0.1, 0.15) is 12.2 Å². The van der Waals surface area contributed by atoms with Crippen LogP contribution in [0.2, 0.25) is 0 Å². The lowest BCUT2D eigenvalue weighted by Crippen LogP contribution is -2.43.